The molecule has 3 N–H and O–H groups in total. The molecule has 8 heteroatoms. The Balaban J connectivity index is 1.64. The first kappa shape index (κ1) is 18.0. The van der Waals surface area contributed by atoms with Gasteiger partial charge < -0.3 is 20.4 Å². The number of nitrogens with one attached hydrogen (secondary N) is 3. The number of H-pyrrole nitrogens is 1. The normalized spacial score (nSPS) is 9.64. The third kappa shape index (κ3) is 5.99. The molecule has 1 amide bonds. The number of nitrogens with zero attached hydrogens (tertiary/aromatic N) is 2. The van der Waals surface area contributed by atoms with Gasteiger partial charge in [0.2, 0.25) is 11.8 Å². The van der Waals surface area contributed by atoms with E-state index in [2.05, 4.69) is 37.4 Å². The topological polar surface area (TPSA) is 109 Å². The molecule has 0 fully saturated rings. The molecule has 2 rings (SSSR count). The van der Waals surface area contributed by atoms with Crippen molar-refractivity contribution < 1.29 is 9.53 Å². The number of methoxy groups -OCH3 is 1. The lowest BCUT2D eigenvalue weighted by molar-refractivity contribution is 0.0953. The van der Waals surface area contributed by atoms with E-state index in [1.54, 1.807) is 25.4 Å². The van der Waals surface area contributed by atoms with Gasteiger partial charge in [-0.25, -0.2) is 4.98 Å². The van der Waals surface area contributed by atoms with Crippen molar-refractivity contribution in [3.8, 4) is 17.7 Å². The average Bonchev–Trinajstić information content (AvgIpc) is 2.64. The quantitative estimate of drug-likeness (QED) is 0.508. The van der Waals surface area contributed by atoms with Crippen molar-refractivity contribution in [2.75, 3.05) is 25.5 Å². The molecule has 25 heavy (non-hydrogen) atoms. The highest BCUT2D eigenvalue weighted by Crippen LogP contribution is 2.06. The second kappa shape index (κ2) is 9.72. The summed E-state index contributed by atoms with van der Waals surface area (Å²) in [5.41, 5.74) is -0.310. The summed E-state index contributed by atoms with van der Waals surface area (Å²) < 4.78 is 5.01. The van der Waals surface area contributed by atoms with Gasteiger partial charge in [-0.3, -0.25) is 9.59 Å². The van der Waals surface area contributed by atoms with E-state index in [-0.39, 0.29) is 5.56 Å². The van der Waals surface area contributed by atoms with E-state index in [4.69, 9.17) is 4.74 Å². The number of hydrogen-bond donors (Lipinski definition) is 3. The summed E-state index contributed by atoms with van der Waals surface area (Å²) >= 11 is 0. The minimum absolute atomic E-state index is 0.0953. The van der Waals surface area contributed by atoms with Crippen molar-refractivity contribution in [1.29, 1.82) is 0 Å². The van der Waals surface area contributed by atoms with Crippen molar-refractivity contribution in [3.63, 3.8) is 0 Å². The Hall–Kier alpha value is -3.34. The number of aromatic nitrogens is 3. The van der Waals surface area contributed by atoms with E-state index in [1.807, 2.05) is 0 Å². The Labute approximate surface area is 145 Å². The average molecular weight is 341 g/mol. The fraction of sp³-hybridized carbons (Fsp3) is 0.294. The maximum absolute atomic E-state index is 11.8. The summed E-state index contributed by atoms with van der Waals surface area (Å²) in [7, 11) is 1.55. The highest BCUT2D eigenvalue weighted by atomic mass is 16.5. The molecule has 0 unspecified atom stereocenters. The largest absolute Gasteiger partial charge is 0.481 e. The number of pyridine rings is 1. The van der Waals surface area contributed by atoms with Gasteiger partial charge in [0, 0.05) is 44.4 Å². The molecule has 0 aromatic carbocycles. The van der Waals surface area contributed by atoms with E-state index in [9.17, 15) is 9.59 Å². The maximum atomic E-state index is 11.8. The second-order valence-corrected chi connectivity index (χ2v) is 4.87. The molecule has 2 heterocycles. The molecule has 0 aliphatic carbocycles. The number of aromatic amines is 1. The van der Waals surface area contributed by atoms with Crippen molar-refractivity contribution in [3.05, 3.63) is 46.5 Å². The van der Waals surface area contributed by atoms with Gasteiger partial charge in [0.1, 0.15) is 5.56 Å². The van der Waals surface area contributed by atoms with Crippen LogP contribution in [-0.4, -0.2) is 41.1 Å². The molecule has 0 saturated heterocycles. The molecule has 0 spiro atoms. The predicted molar refractivity (Wildman–Crippen MR) is 93.5 cm³/mol. The lowest BCUT2D eigenvalue weighted by atomic mass is 10.2. The van der Waals surface area contributed by atoms with Crippen LogP contribution in [0, 0.1) is 11.8 Å². The van der Waals surface area contributed by atoms with Gasteiger partial charge in [-0.05, 0) is 12.1 Å². The summed E-state index contributed by atoms with van der Waals surface area (Å²) in [4.78, 5) is 33.9. The molecule has 0 saturated carbocycles. The van der Waals surface area contributed by atoms with Crippen LogP contribution in [0.25, 0.3) is 0 Å². The van der Waals surface area contributed by atoms with Crippen LogP contribution >= 0.6 is 0 Å². The first-order valence-electron chi connectivity index (χ1n) is 7.73. The standard InChI is InChI=1S/C17H19N5O3/c1-25-14-8-12-21-17(22-14)20-10-5-3-2-4-9-18-15(23)13-7-6-11-19-16(13)24/h6-8,11-12H,4-5,9-10H2,1H3,(H,18,23)(H,19,24)(H,20,21,22). The van der Waals surface area contributed by atoms with Gasteiger partial charge >= 0.3 is 0 Å². The fourth-order valence-corrected chi connectivity index (χ4v) is 1.89. The smallest absolute Gasteiger partial charge is 0.260 e. The SMILES string of the molecule is COc1ccnc(NCCC#CCCNC(=O)c2ccc[nH]c2=O)n1. The van der Waals surface area contributed by atoms with E-state index in [0.717, 1.165) is 0 Å². The molecule has 0 aliphatic heterocycles. The number of amides is 1. The van der Waals surface area contributed by atoms with Crippen molar-refractivity contribution >= 4 is 11.9 Å². The van der Waals surface area contributed by atoms with Crippen LogP contribution in [0.5, 0.6) is 5.88 Å². The molecule has 2 aromatic rings. The predicted octanol–water partition coefficient (Wildman–Crippen LogP) is 0.799. The van der Waals surface area contributed by atoms with Crippen LogP contribution in [0.3, 0.4) is 0 Å². The summed E-state index contributed by atoms with van der Waals surface area (Å²) in [6.45, 7) is 0.985. The van der Waals surface area contributed by atoms with Crippen LogP contribution in [0.1, 0.15) is 23.2 Å². The first-order chi connectivity index (χ1) is 12.2. The highest BCUT2D eigenvalue weighted by Gasteiger charge is 2.07. The highest BCUT2D eigenvalue weighted by molar-refractivity contribution is 5.93. The zero-order chi connectivity index (χ0) is 17.9. The lowest BCUT2D eigenvalue weighted by Gasteiger charge is -2.03. The van der Waals surface area contributed by atoms with Gasteiger partial charge in [0.25, 0.3) is 11.5 Å². The van der Waals surface area contributed by atoms with Crippen LogP contribution in [-0.2, 0) is 0 Å². The minimum Gasteiger partial charge on any atom is -0.481 e. The summed E-state index contributed by atoms with van der Waals surface area (Å²) in [6, 6.07) is 4.75. The van der Waals surface area contributed by atoms with Crippen LogP contribution in [0.4, 0.5) is 5.95 Å². The molecular formula is C17H19N5O3. The van der Waals surface area contributed by atoms with Crippen molar-refractivity contribution in [2.45, 2.75) is 12.8 Å². The molecule has 8 nitrogen and oxygen atoms in total. The molecule has 130 valence electrons. The Morgan fingerprint density at radius 1 is 1.28 bits per heavy atom. The maximum Gasteiger partial charge on any atom is 0.260 e. The Morgan fingerprint density at radius 3 is 2.84 bits per heavy atom. The number of ether oxygens (including phenoxy) is 1. The first-order valence-corrected chi connectivity index (χ1v) is 7.73. The summed E-state index contributed by atoms with van der Waals surface area (Å²) in [6.07, 6.45) is 4.22. The van der Waals surface area contributed by atoms with Crippen LogP contribution in [0.15, 0.2) is 35.4 Å². The Bertz CT molecular complexity index is 823. The summed E-state index contributed by atoms with van der Waals surface area (Å²) in [5.74, 6) is 6.53. The summed E-state index contributed by atoms with van der Waals surface area (Å²) in [5, 5.41) is 5.70. The van der Waals surface area contributed by atoms with Crippen LogP contribution in [0.2, 0.25) is 0 Å². The second-order valence-electron chi connectivity index (χ2n) is 4.87. The van der Waals surface area contributed by atoms with Gasteiger partial charge in [-0.2, -0.15) is 4.98 Å². The van der Waals surface area contributed by atoms with Gasteiger partial charge in [0.15, 0.2) is 0 Å². The van der Waals surface area contributed by atoms with Crippen molar-refractivity contribution in [2.24, 2.45) is 0 Å². The molecular weight excluding hydrogens is 322 g/mol. The van der Waals surface area contributed by atoms with Gasteiger partial charge in [0.05, 0.1) is 7.11 Å². The number of rotatable bonds is 7. The van der Waals surface area contributed by atoms with E-state index < -0.39 is 11.5 Å². The Kier molecular flexibility index (Phi) is 7.00. The third-order valence-corrected chi connectivity index (χ3v) is 3.10. The van der Waals surface area contributed by atoms with Crippen molar-refractivity contribution in [1.82, 2.24) is 20.3 Å². The van der Waals surface area contributed by atoms with E-state index >= 15 is 0 Å². The molecule has 0 aliphatic rings. The van der Waals surface area contributed by atoms with Gasteiger partial charge in [-0.1, -0.05) is 0 Å². The van der Waals surface area contributed by atoms with Gasteiger partial charge in [-0.15, -0.1) is 11.8 Å². The molecule has 0 radical (unpaired) electrons. The zero-order valence-corrected chi connectivity index (χ0v) is 13.8. The molecule has 0 atom stereocenters. The number of hydrogen-bond acceptors (Lipinski definition) is 6. The van der Waals surface area contributed by atoms with Crippen LogP contribution < -0.4 is 20.9 Å². The van der Waals surface area contributed by atoms with E-state index in [0.29, 0.717) is 37.8 Å². The minimum atomic E-state index is -0.406. The Morgan fingerprint density at radius 2 is 2.08 bits per heavy atom. The number of carbonyl (C=O) groups is 1. The fourth-order valence-electron chi connectivity index (χ4n) is 1.89. The zero-order valence-electron chi connectivity index (χ0n) is 13.8. The van der Waals surface area contributed by atoms with E-state index in [1.165, 1.54) is 12.3 Å². The lowest BCUT2D eigenvalue weighted by Crippen LogP contribution is -2.29. The monoisotopic (exact) mass is 341 g/mol. The number of carbonyl (C=O) groups excluding carboxylic acids is 1. The number of anilines is 1. The third-order valence-electron chi connectivity index (χ3n) is 3.10. The molecule has 2 aromatic heterocycles. The molecule has 0 bridgehead atoms.